The number of alkyl halides is 3. The van der Waals surface area contributed by atoms with Crippen LogP contribution in [0.15, 0.2) is 23.6 Å². The predicted octanol–water partition coefficient (Wildman–Crippen LogP) is 3.86. The van der Waals surface area contributed by atoms with E-state index in [4.69, 9.17) is 0 Å². The highest BCUT2D eigenvalue weighted by molar-refractivity contribution is 7.09. The molecule has 2 rings (SSSR count). The van der Waals surface area contributed by atoms with Crippen molar-refractivity contribution in [1.82, 2.24) is 4.98 Å². The lowest BCUT2D eigenvalue weighted by Gasteiger charge is -2.14. The van der Waals surface area contributed by atoms with Crippen LogP contribution in [0.1, 0.15) is 33.5 Å². The molecule has 0 bridgehead atoms. The van der Waals surface area contributed by atoms with E-state index in [1.54, 1.807) is 19.2 Å². The molecule has 1 N–H and O–H groups in total. The first kappa shape index (κ1) is 14.0. The van der Waals surface area contributed by atoms with Crippen LogP contribution in [0.3, 0.4) is 0 Å². The Balaban J connectivity index is 2.36. The summed E-state index contributed by atoms with van der Waals surface area (Å²) < 4.78 is 37.7. The molecule has 0 radical (unpaired) electrons. The maximum absolute atomic E-state index is 12.6. The molecule has 0 amide bonds. The van der Waals surface area contributed by atoms with Crippen LogP contribution >= 0.6 is 11.3 Å². The van der Waals surface area contributed by atoms with E-state index in [1.165, 1.54) is 17.4 Å². The fourth-order valence-corrected chi connectivity index (χ4v) is 2.59. The van der Waals surface area contributed by atoms with E-state index in [0.29, 0.717) is 16.1 Å². The molecule has 0 aliphatic carbocycles. The predicted molar refractivity (Wildman–Crippen MR) is 67.1 cm³/mol. The van der Waals surface area contributed by atoms with Crippen molar-refractivity contribution in [3.8, 4) is 0 Å². The minimum atomic E-state index is -4.37. The summed E-state index contributed by atoms with van der Waals surface area (Å²) in [6, 6.07) is 3.32. The van der Waals surface area contributed by atoms with Gasteiger partial charge in [0.25, 0.3) is 0 Å². The van der Waals surface area contributed by atoms with Gasteiger partial charge in [0.05, 0.1) is 5.56 Å². The van der Waals surface area contributed by atoms with Gasteiger partial charge in [-0.05, 0) is 37.1 Å². The number of hydrogen-bond acceptors (Lipinski definition) is 3. The molecular formula is C13H12F3NOS. The van der Waals surface area contributed by atoms with Gasteiger partial charge in [0.15, 0.2) is 0 Å². The number of rotatable bonds is 2. The molecular weight excluding hydrogens is 275 g/mol. The van der Waals surface area contributed by atoms with Gasteiger partial charge < -0.3 is 5.11 Å². The summed E-state index contributed by atoms with van der Waals surface area (Å²) in [5, 5.41) is 12.4. The van der Waals surface area contributed by atoms with Crippen molar-refractivity contribution in [2.45, 2.75) is 26.1 Å². The molecule has 1 aromatic carbocycles. The van der Waals surface area contributed by atoms with E-state index in [-0.39, 0.29) is 0 Å². The first-order valence-corrected chi connectivity index (χ1v) is 6.45. The van der Waals surface area contributed by atoms with Crippen LogP contribution in [0, 0.1) is 13.8 Å². The molecule has 1 atom stereocenters. The number of thiazole rings is 1. The third-order valence-corrected chi connectivity index (χ3v) is 3.78. The van der Waals surface area contributed by atoms with E-state index >= 15 is 0 Å². The number of aliphatic hydroxyl groups excluding tert-OH is 1. The Labute approximate surface area is 112 Å². The summed E-state index contributed by atoms with van der Waals surface area (Å²) in [4.78, 5) is 4.15. The van der Waals surface area contributed by atoms with Crippen LogP contribution in [0.5, 0.6) is 0 Å². The largest absolute Gasteiger partial charge is 0.416 e. The first-order valence-electron chi connectivity index (χ1n) is 5.57. The third kappa shape index (κ3) is 2.96. The van der Waals surface area contributed by atoms with Crippen LogP contribution in [0.4, 0.5) is 13.2 Å². The molecule has 0 fully saturated rings. The van der Waals surface area contributed by atoms with E-state index in [2.05, 4.69) is 4.98 Å². The summed E-state index contributed by atoms with van der Waals surface area (Å²) in [5.41, 5.74) is 0.914. The maximum atomic E-state index is 12.6. The van der Waals surface area contributed by atoms with Crippen molar-refractivity contribution >= 4 is 11.3 Å². The lowest BCUT2D eigenvalue weighted by molar-refractivity contribution is -0.137. The number of nitrogens with zero attached hydrogens (tertiary/aromatic N) is 1. The van der Waals surface area contributed by atoms with Gasteiger partial charge in [-0.3, -0.25) is 0 Å². The van der Waals surface area contributed by atoms with Gasteiger partial charge in [-0.25, -0.2) is 4.98 Å². The number of halogens is 3. The summed E-state index contributed by atoms with van der Waals surface area (Å²) in [5.74, 6) is 0. The molecule has 1 aromatic heterocycles. The summed E-state index contributed by atoms with van der Waals surface area (Å²) >= 11 is 1.29. The zero-order valence-electron chi connectivity index (χ0n) is 10.3. The minimum absolute atomic E-state index is 0.398. The first-order chi connectivity index (χ1) is 8.79. The third-order valence-electron chi connectivity index (χ3n) is 2.76. The second kappa shape index (κ2) is 4.94. The lowest BCUT2D eigenvalue weighted by Crippen LogP contribution is -2.08. The SMILES string of the molecule is Cc1csc(C(O)c2ccc(C(F)(F)F)cc2C)n1. The zero-order valence-corrected chi connectivity index (χ0v) is 11.1. The van der Waals surface area contributed by atoms with Crippen LogP contribution in [-0.2, 0) is 6.18 Å². The second-order valence-corrected chi connectivity index (χ2v) is 5.19. The molecule has 0 aliphatic rings. The standard InChI is InChI=1S/C13H12F3NOS/c1-7-5-9(13(14,15)16)3-4-10(7)11(18)12-17-8(2)6-19-12/h3-6,11,18H,1-2H3. The van der Waals surface area contributed by atoms with Gasteiger partial charge in [-0.15, -0.1) is 11.3 Å². The minimum Gasteiger partial charge on any atom is -0.381 e. The molecule has 102 valence electrons. The van der Waals surface area contributed by atoms with Gasteiger partial charge in [0.2, 0.25) is 0 Å². The topological polar surface area (TPSA) is 33.1 Å². The van der Waals surface area contributed by atoms with Crippen molar-refractivity contribution in [2.24, 2.45) is 0 Å². The van der Waals surface area contributed by atoms with E-state index in [9.17, 15) is 18.3 Å². The molecule has 0 saturated carbocycles. The molecule has 6 heteroatoms. The molecule has 1 unspecified atom stereocenters. The smallest absolute Gasteiger partial charge is 0.381 e. The van der Waals surface area contributed by atoms with Crippen molar-refractivity contribution in [2.75, 3.05) is 0 Å². The van der Waals surface area contributed by atoms with Gasteiger partial charge in [0.1, 0.15) is 11.1 Å². The Bertz CT molecular complexity index is 592. The molecule has 1 heterocycles. The van der Waals surface area contributed by atoms with Gasteiger partial charge >= 0.3 is 6.18 Å². The molecule has 0 saturated heterocycles. The number of aliphatic hydroxyl groups is 1. The number of benzene rings is 1. The van der Waals surface area contributed by atoms with Gasteiger partial charge in [-0.2, -0.15) is 13.2 Å². The Morgan fingerprint density at radius 2 is 1.95 bits per heavy atom. The average Bonchev–Trinajstić information content (AvgIpc) is 2.73. The van der Waals surface area contributed by atoms with E-state index < -0.39 is 17.8 Å². The Kier molecular flexibility index (Phi) is 3.64. The van der Waals surface area contributed by atoms with Crippen LogP contribution in [0.25, 0.3) is 0 Å². The Morgan fingerprint density at radius 1 is 1.26 bits per heavy atom. The highest BCUT2D eigenvalue weighted by atomic mass is 32.1. The molecule has 2 nitrogen and oxygen atoms in total. The molecule has 2 aromatic rings. The Hall–Kier alpha value is -1.40. The van der Waals surface area contributed by atoms with Crippen LogP contribution in [-0.4, -0.2) is 10.1 Å². The molecule has 0 aliphatic heterocycles. The number of aryl methyl sites for hydroxylation is 2. The fourth-order valence-electron chi connectivity index (χ4n) is 1.79. The Morgan fingerprint density at radius 3 is 2.42 bits per heavy atom. The zero-order chi connectivity index (χ0) is 14.2. The number of hydrogen-bond donors (Lipinski definition) is 1. The maximum Gasteiger partial charge on any atom is 0.416 e. The average molecular weight is 287 g/mol. The molecule has 0 spiro atoms. The van der Waals surface area contributed by atoms with Crippen molar-refractivity contribution in [1.29, 1.82) is 0 Å². The lowest BCUT2D eigenvalue weighted by atomic mass is 10.0. The quantitative estimate of drug-likeness (QED) is 0.909. The molecule has 19 heavy (non-hydrogen) atoms. The highest BCUT2D eigenvalue weighted by Gasteiger charge is 2.31. The van der Waals surface area contributed by atoms with Crippen molar-refractivity contribution in [3.63, 3.8) is 0 Å². The van der Waals surface area contributed by atoms with Gasteiger partial charge in [-0.1, -0.05) is 6.07 Å². The monoisotopic (exact) mass is 287 g/mol. The normalized spacial score (nSPS) is 13.6. The number of aromatic nitrogens is 1. The van der Waals surface area contributed by atoms with Crippen molar-refractivity contribution in [3.05, 3.63) is 51.0 Å². The van der Waals surface area contributed by atoms with Crippen LogP contribution in [0.2, 0.25) is 0 Å². The van der Waals surface area contributed by atoms with Crippen LogP contribution < -0.4 is 0 Å². The van der Waals surface area contributed by atoms with E-state index in [1.807, 2.05) is 0 Å². The van der Waals surface area contributed by atoms with E-state index in [0.717, 1.165) is 17.8 Å². The van der Waals surface area contributed by atoms with Gasteiger partial charge in [0, 0.05) is 11.1 Å². The second-order valence-electron chi connectivity index (χ2n) is 4.30. The summed E-state index contributed by atoms with van der Waals surface area (Å²) in [7, 11) is 0. The van der Waals surface area contributed by atoms with Crippen molar-refractivity contribution < 1.29 is 18.3 Å². The summed E-state index contributed by atoms with van der Waals surface area (Å²) in [6.07, 6.45) is -5.35. The summed E-state index contributed by atoms with van der Waals surface area (Å²) in [6.45, 7) is 3.35. The highest BCUT2D eigenvalue weighted by Crippen LogP contribution is 2.33. The fraction of sp³-hybridized carbons (Fsp3) is 0.308.